The summed E-state index contributed by atoms with van der Waals surface area (Å²) in [5.74, 6) is -2.32. The summed E-state index contributed by atoms with van der Waals surface area (Å²) in [6.45, 7) is 2.69. The number of ether oxygens (including phenoxy) is 2. The Morgan fingerprint density at radius 3 is 2.20 bits per heavy atom. The zero-order valence-corrected chi connectivity index (χ0v) is 16.6. The third-order valence-corrected chi connectivity index (χ3v) is 3.66. The van der Waals surface area contributed by atoms with Gasteiger partial charge in [0.2, 0.25) is 5.91 Å². The molecule has 156 valence electrons. The van der Waals surface area contributed by atoms with Crippen LogP contribution in [-0.2, 0) is 23.9 Å². The fraction of sp³-hybridized carbons (Fsp3) is 0.182. The third-order valence-electron chi connectivity index (χ3n) is 3.66. The quantitative estimate of drug-likeness (QED) is 0.511. The molecular formula is C22H22N2O6. The summed E-state index contributed by atoms with van der Waals surface area (Å²) >= 11 is 0. The van der Waals surface area contributed by atoms with Gasteiger partial charge in [-0.2, -0.15) is 0 Å². The molecule has 0 bridgehead atoms. The van der Waals surface area contributed by atoms with Crippen LogP contribution >= 0.6 is 0 Å². The topological polar surface area (TPSA) is 111 Å². The normalized spacial score (nSPS) is 10.7. The second-order valence-electron chi connectivity index (χ2n) is 6.07. The molecule has 2 aromatic rings. The molecule has 2 aromatic carbocycles. The highest BCUT2D eigenvalue weighted by Crippen LogP contribution is 2.11. The van der Waals surface area contributed by atoms with Crippen molar-refractivity contribution in [1.82, 2.24) is 5.32 Å². The van der Waals surface area contributed by atoms with E-state index in [1.54, 1.807) is 31.2 Å². The van der Waals surface area contributed by atoms with Crippen LogP contribution in [0.1, 0.15) is 29.8 Å². The molecule has 0 fully saturated rings. The fourth-order valence-electron chi connectivity index (χ4n) is 2.36. The van der Waals surface area contributed by atoms with Gasteiger partial charge in [0.15, 0.2) is 6.61 Å². The molecule has 0 saturated carbocycles. The molecule has 0 saturated heterocycles. The third kappa shape index (κ3) is 7.23. The fourth-order valence-corrected chi connectivity index (χ4v) is 2.36. The van der Waals surface area contributed by atoms with Crippen LogP contribution in [0.25, 0.3) is 6.08 Å². The van der Waals surface area contributed by atoms with Crippen molar-refractivity contribution in [3.8, 4) is 0 Å². The highest BCUT2D eigenvalue weighted by Gasteiger charge is 2.15. The second kappa shape index (κ2) is 11.2. The average Bonchev–Trinajstić information content (AvgIpc) is 2.72. The van der Waals surface area contributed by atoms with Gasteiger partial charge in [0.1, 0.15) is 5.70 Å². The summed E-state index contributed by atoms with van der Waals surface area (Å²) in [6.07, 6.45) is 1.45. The van der Waals surface area contributed by atoms with Crippen molar-refractivity contribution in [3.63, 3.8) is 0 Å². The van der Waals surface area contributed by atoms with Crippen molar-refractivity contribution < 1.29 is 28.7 Å². The predicted molar refractivity (Wildman–Crippen MR) is 110 cm³/mol. The lowest BCUT2D eigenvalue weighted by atomic mass is 10.2. The second-order valence-corrected chi connectivity index (χ2v) is 6.07. The van der Waals surface area contributed by atoms with E-state index in [0.717, 1.165) is 0 Å². The number of esters is 2. The molecule has 0 radical (unpaired) electrons. The number of nitrogens with one attached hydrogen (secondary N) is 2. The first-order valence-electron chi connectivity index (χ1n) is 9.17. The molecule has 0 aromatic heterocycles. The largest absolute Gasteiger partial charge is 0.462 e. The minimum atomic E-state index is -0.845. The zero-order valence-electron chi connectivity index (χ0n) is 16.6. The number of carbonyl (C=O) groups is 4. The van der Waals surface area contributed by atoms with E-state index in [4.69, 9.17) is 9.47 Å². The lowest BCUT2D eigenvalue weighted by Crippen LogP contribution is -2.28. The number of rotatable bonds is 8. The van der Waals surface area contributed by atoms with Crippen LogP contribution in [0, 0.1) is 0 Å². The van der Waals surface area contributed by atoms with E-state index in [1.165, 1.54) is 37.3 Å². The monoisotopic (exact) mass is 410 g/mol. The molecule has 0 aliphatic rings. The summed E-state index contributed by atoms with van der Waals surface area (Å²) in [6, 6.07) is 15.0. The standard InChI is InChI=1S/C22H22N2O6/c1-3-29-21(27)17-9-11-18(12-10-17)24-20(26)14-30-22(28)19(23-15(2)25)13-16-7-5-4-6-8-16/h4-13H,3,14H2,1-2H3,(H,23,25)(H,24,26). The van der Waals surface area contributed by atoms with Gasteiger partial charge in [-0.1, -0.05) is 30.3 Å². The number of amides is 2. The minimum Gasteiger partial charge on any atom is -0.462 e. The molecule has 2 N–H and O–H groups in total. The number of carbonyl (C=O) groups excluding carboxylic acids is 4. The maximum atomic E-state index is 12.3. The highest BCUT2D eigenvalue weighted by atomic mass is 16.5. The van der Waals surface area contributed by atoms with Gasteiger partial charge in [-0.05, 0) is 42.8 Å². The maximum Gasteiger partial charge on any atom is 0.355 e. The lowest BCUT2D eigenvalue weighted by molar-refractivity contribution is -0.144. The molecule has 0 spiro atoms. The Kier molecular flexibility index (Phi) is 8.31. The first-order chi connectivity index (χ1) is 14.4. The Morgan fingerprint density at radius 1 is 0.933 bits per heavy atom. The summed E-state index contributed by atoms with van der Waals surface area (Å²) in [5, 5.41) is 4.95. The zero-order chi connectivity index (χ0) is 21.9. The van der Waals surface area contributed by atoms with Gasteiger partial charge < -0.3 is 20.1 Å². The maximum absolute atomic E-state index is 12.3. The molecule has 2 amide bonds. The molecular weight excluding hydrogens is 388 g/mol. The Bertz CT molecular complexity index is 936. The number of hydrogen-bond donors (Lipinski definition) is 2. The van der Waals surface area contributed by atoms with E-state index in [-0.39, 0.29) is 12.3 Å². The summed E-state index contributed by atoms with van der Waals surface area (Å²) in [5.41, 5.74) is 1.38. The molecule has 0 aliphatic carbocycles. The van der Waals surface area contributed by atoms with Gasteiger partial charge in [0.25, 0.3) is 5.91 Å². The van der Waals surface area contributed by atoms with Crippen LogP contribution in [0.15, 0.2) is 60.3 Å². The van der Waals surface area contributed by atoms with E-state index >= 15 is 0 Å². The summed E-state index contributed by atoms with van der Waals surface area (Å²) < 4.78 is 9.88. The summed E-state index contributed by atoms with van der Waals surface area (Å²) in [7, 11) is 0. The SMILES string of the molecule is CCOC(=O)c1ccc(NC(=O)COC(=O)C(=Cc2ccccc2)NC(C)=O)cc1. The van der Waals surface area contributed by atoms with Crippen molar-refractivity contribution >= 4 is 35.5 Å². The van der Waals surface area contributed by atoms with E-state index in [0.29, 0.717) is 16.8 Å². The molecule has 0 atom stereocenters. The molecule has 2 rings (SSSR count). The van der Waals surface area contributed by atoms with E-state index in [2.05, 4.69) is 10.6 Å². The van der Waals surface area contributed by atoms with Gasteiger partial charge in [0.05, 0.1) is 12.2 Å². The van der Waals surface area contributed by atoms with E-state index in [9.17, 15) is 19.2 Å². The van der Waals surface area contributed by atoms with Crippen LogP contribution in [0.5, 0.6) is 0 Å². The number of benzene rings is 2. The predicted octanol–water partition coefficient (Wildman–Crippen LogP) is 2.52. The minimum absolute atomic E-state index is 0.0831. The van der Waals surface area contributed by atoms with Gasteiger partial charge >= 0.3 is 11.9 Å². The van der Waals surface area contributed by atoms with Crippen molar-refractivity contribution in [1.29, 1.82) is 0 Å². The highest BCUT2D eigenvalue weighted by molar-refractivity contribution is 5.99. The van der Waals surface area contributed by atoms with Crippen molar-refractivity contribution in [2.45, 2.75) is 13.8 Å². The Labute approximate surface area is 173 Å². The van der Waals surface area contributed by atoms with E-state index < -0.39 is 30.4 Å². The van der Waals surface area contributed by atoms with Crippen LogP contribution in [0.4, 0.5) is 5.69 Å². The number of hydrogen-bond acceptors (Lipinski definition) is 6. The Hall–Kier alpha value is -3.94. The van der Waals surface area contributed by atoms with Gasteiger partial charge in [0, 0.05) is 12.6 Å². The van der Waals surface area contributed by atoms with Crippen LogP contribution < -0.4 is 10.6 Å². The summed E-state index contributed by atoms with van der Waals surface area (Å²) in [4.78, 5) is 47.3. The van der Waals surface area contributed by atoms with Crippen molar-refractivity contribution in [2.24, 2.45) is 0 Å². The van der Waals surface area contributed by atoms with Crippen LogP contribution in [-0.4, -0.2) is 37.0 Å². The molecule has 30 heavy (non-hydrogen) atoms. The molecule has 0 heterocycles. The van der Waals surface area contributed by atoms with Gasteiger partial charge in [-0.25, -0.2) is 9.59 Å². The average molecular weight is 410 g/mol. The van der Waals surface area contributed by atoms with Crippen LogP contribution in [0.2, 0.25) is 0 Å². The van der Waals surface area contributed by atoms with E-state index in [1.807, 2.05) is 6.07 Å². The lowest BCUT2D eigenvalue weighted by Gasteiger charge is -2.10. The number of anilines is 1. The van der Waals surface area contributed by atoms with Crippen molar-refractivity contribution in [3.05, 3.63) is 71.4 Å². The molecule has 0 unspecified atom stereocenters. The molecule has 8 heteroatoms. The Balaban J connectivity index is 1.94. The van der Waals surface area contributed by atoms with Gasteiger partial charge in [-0.15, -0.1) is 0 Å². The van der Waals surface area contributed by atoms with Gasteiger partial charge in [-0.3, -0.25) is 9.59 Å². The molecule has 8 nitrogen and oxygen atoms in total. The first kappa shape index (κ1) is 22.4. The van der Waals surface area contributed by atoms with Crippen molar-refractivity contribution in [2.75, 3.05) is 18.5 Å². The first-order valence-corrected chi connectivity index (χ1v) is 9.17. The van der Waals surface area contributed by atoms with Crippen LogP contribution in [0.3, 0.4) is 0 Å². The smallest absolute Gasteiger partial charge is 0.355 e. The Morgan fingerprint density at radius 2 is 1.60 bits per heavy atom. The molecule has 0 aliphatic heterocycles.